The monoisotopic (exact) mass is 395 g/mol. The Morgan fingerprint density at radius 1 is 1.00 bits per heavy atom. The van der Waals surface area contributed by atoms with Crippen molar-refractivity contribution in [1.29, 1.82) is 5.41 Å². The maximum Gasteiger partial charge on any atom is 0.310 e. The first-order valence-electron chi connectivity index (χ1n) is 9.06. The Bertz CT molecular complexity index is 890. The van der Waals surface area contributed by atoms with Crippen molar-refractivity contribution in [2.24, 2.45) is 0 Å². The van der Waals surface area contributed by atoms with Crippen LogP contribution in [0.2, 0.25) is 0 Å². The number of carbonyl (C=O) groups is 2. The van der Waals surface area contributed by atoms with E-state index in [2.05, 4.69) is 10.6 Å². The summed E-state index contributed by atoms with van der Waals surface area (Å²) in [5.74, 6) is -0.326. The number of rotatable bonds is 9. The molecule has 152 valence electrons. The van der Waals surface area contributed by atoms with Gasteiger partial charge in [-0.15, -0.1) is 0 Å². The summed E-state index contributed by atoms with van der Waals surface area (Å²) in [6.07, 6.45) is 0.0537. The van der Waals surface area contributed by atoms with Crippen LogP contribution >= 0.6 is 0 Å². The summed E-state index contributed by atoms with van der Waals surface area (Å²) in [5, 5.41) is 13.7. The standard InChI is InChI=1S/C22H25N3O4/c1-15(23)22(16(2)24-18-7-5-4-6-8-18)25-20(26)14-29-21(27)13-17-9-11-19(28-3)12-10-17/h4-12,23-24H,13-14H2,1-3H3,(H,25,26)/b22-16+,23-15?. The highest BCUT2D eigenvalue weighted by Gasteiger charge is 2.13. The molecule has 7 heteroatoms. The minimum Gasteiger partial charge on any atom is -0.497 e. The van der Waals surface area contributed by atoms with Crippen LogP contribution in [0.3, 0.4) is 0 Å². The topological polar surface area (TPSA) is 101 Å². The number of hydrogen-bond donors (Lipinski definition) is 3. The van der Waals surface area contributed by atoms with E-state index in [1.54, 1.807) is 45.2 Å². The van der Waals surface area contributed by atoms with Crippen LogP contribution in [0.4, 0.5) is 5.69 Å². The zero-order chi connectivity index (χ0) is 21.2. The third-order valence-electron chi connectivity index (χ3n) is 3.99. The molecule has 2 rings (SSSR count). The molecule has 0 aliphatic carbocycles. The second-order valence-electron chi connectivity index (χ2n) is 6.35. The molecule has 3 N–H and O–H groups in total. The van der Waals surface area contributed by atoms with Crippen molar-refractivity contribution >= 4 is 23.3 Å². The third kappa shape index (κ3) is 7.14. The van der Waals surface area contributed by atoms with Gasteiger partial charge in [0.05, 0.1) is 24.9 Å². The normalized spacial score (nSPS) is 11.1. The van der Waals surface area contributed by atoms with Gasteiger partial charge in [0, 0.05) is 11.4 Å². The number of methoxy groups -OCH3 is 1. The van der Waals surface area contributed by atoms with E-state index in [0.717, 1.165) is 11.3 Å². The Morgan fingerprint density at radius 3 is 2.24 bits per heavy atom. The summed E-state index contributed by atoms with van der Waals surface area (Å²) in [5.41, 5.74) is 2.73. The fraction of sp³-hybridized carbons (Fsp3) is 0.227. The quantitative estimate of drug-likeness (QED) is 0.447. The van der Waals surface area contributed by atoms with E-state index in [4.69, 9.17) is 14.9 Å². The Hall–Kier alpha value is -3.61. The summed E-state index contributed by atoms with van der Waals surface area (Å²) < 4.78 is 10.1. The Kier molecular flexibility index (Phi) is 7.97. The molecular formula is C22H25N3O4. The zero-order valence-corrected chi connectivity index (χ0v) is 16.7. The fourth-order valence-electron chi connectivity index (χ4n) is 2.55. The largest absolute Gasteiger partial charge is 0.497 e. The lowest BCUT2D eigenvalue weighted by atomic mass is 10.1. The van der Waals surface area contributed by atoms with Crippen LogP contribution in [0.15, 0.2) is 66.0 Å². The molecule has 2 aromatic rings. The lowest BCUT2D eigenvalue weighted by Gasteiger charge is -2.15. The van der Waals surface area contributed by atoms with Crippen molar-refractivity contribution in [1.82, 2.24) is 5.32 Å². The van der Waals surface area contributed by atoms with Gasteiger partial charge in [-0.05, 0) is 43.7 Å². The molecule has 7 nitrogen and oxygen atoms in total. The molecule has 0 aliphatic rings. The number of hydrogen-bond acceptors (Lipinski definition) is 6. The molecule has 0 bridgehead atoms. The van der Waals surface area contributed by atoms with Gasteiger partial charge in [-0.1, -0.05) is 30.3 Å². The SMILES string of the molecule is COc1ccc(CC(=O)OCC(=O)N/C(C(C)=N)=C(\C)Nc2ccccc2)cc1. The lowest BCUT2D eigenvalue weighted by molar-refractivity contribution is -0.147. The highest BCUT2D eigenvalue weighted by atomic mass is 16.5. The number of nitrogens with one attached hydrogen (secondary N) is 3. The number of anilines is 1. The maximum atomic E-state index is 12.2. The number of amides is 1. The van der Waals surface area contributed by atoms with Crippen molar-refractivity contribution in [3.8, 4) is 5.75 Å². The first kappa shape index (κ1) is 21.7. The van der Waals surface area contributed by atoms with Gasteiger partial charge in [0.1, 0.15) is 5.75 Å². The van der Waals surface area contributed by atoms with E-state index in [0.29, 0.717) is 17.1 Å². The molecule has 0 atom stereocenters. The van der Waals surface area contributed by atoms with Gasteiger partial charge in [0.25, 0.3) is 5.91 Å². The molecule has 0 aromatic heterocycles. The Morgan fingerprint density at radius 2 is 1.66 bits per heavy atom. The molecule has 1 amide bonds. The summed E-state index contributed by atoms with van der Waals surface area (Å²) in [6, 6.07) is 16.4. The Labute approximate surface area is 170 Å². The summed E-state index contributed by atoms with van der Waals surface area (Å²) in [6.45, 7) is 2.90. The van der Waals surface area contributed by atoms with Gasteiger partial charge < -0.3 is 25.5 Å². The highest BCUT2D eigenvalue weighted by molar-refractivity contribution is 6.00. The van der Waals surface area contributed by atoms with Gasteiger partial charge in [0.15, 0.2) is 6.61 Å². The first-order chi connectivity index (χ1) is 13.9. The van der Waals surface area contributed by atoms with Crippen LogP contribution in [0.1, 0.15) is 19.4 Å². The van der Waals surface area contributed by atoms with Crippen LogP contribution in [-0.2, 0) is 20.7 Å². The molecular weight excluding hydrogens is 370 g/mol. The average Bonchev–Trinajstić information content (AvgIpc) is 2.71. The molecule has 0 aliphatic heterocycles. The Balaban J connectivity index is 1.90. The summed E-state index contributed by atoms with van der Waals surface area (Å²) >= 11 is 0. The molecule has 0 spiro atoms. The number of ether oxygens (including phenoxy) is 2. The summed E-state index contributed by atoms with van der Waals surface area (Å²) in [7, 11) is 1.57. The van der Waals surface area contributed by atoms with Crippen molar-refractivity contribution in [2.45, 2.75) is 20.3 Å². The van der Waals surface area contributed by atoms with Gasteiger partial charge in [-0.3, -0.25) is 9.59 Å². The van der Waals surface area contributed by atoms with E-state index in [1.807, 2.05) is 30.3 Å². The second-order valence-corrected chi connectivity index (χ2v) is 6.35. The number of para-hydroxylation sites is 1. The van der Waals surface area contributed by atoms with Crippen molar-refractivity contribution in [3.05, 3.63) is 71.6 Å². The molecule has 0 saturated heterocycles. The van der Waals surface area contributed by atoms with E-state index >= 15 is 0 Å². The number of esters is 1. The van der Waals surface area contributed by atoms with Gasteiger partial charge >= 0.3 is 5.97 Å². The molecule has 29 heavy (non-hydrogen) atoms. The lowest BCUT2D eigenvalue weighted by Crippen LogP contribution is -2.32. The fourth-order valence-corrected chi connectivity index (χ4v) is 2.55. The van der Waals surface area contributed by atoms with Crippen LogP contribution in [0, 0.1) is 5.41 Å². The third-order valence-corrected chi connectivity index (χ3v) is 3.99. The zero-order valence-electron chi connectivity index (χ0n) is 16.7. The van der Waals surface area contributed by atoms with Crippen LogP contribution in [0.25, 0.3) is 0 Å². The molecule has 0 saturated carbocycles. The van der Waals surface area contributed by atoms with Crippen LogP contribution in [0.5, 0.6) is 5.75 Å². The van der Waals surface area contributed by atoms with Crippen molar-refractivity contribution < 1.29 is 19.1 Å². The molecule has 0 radical (unpaired) electrons. The smallest absolute Gasteiger partial charge is 0.310 e. The minimum absolute atomic E-state index is 0.0537. The minimum atomic E-state index is -0.512. The van der Waals surface area contributed by atoms with Crippen molar-refractivity contribution in [3.63, 3.8) is 0 Å². The molecule has 0 heterocycles. The highest BCUT2D eigenvalue weighted by Crippen LogP contribution is 2.13. The van der Waals surface area contributed by atoms with Crippen LogP contribution in [-0.4, -0.2) is 31.3 Å². The molecule has 0 fully saturated rings. The van der Waals surface area contributed by atoms with E-state index in [-0.39, 0.29) is 12.1 Å². The van der Waals surface area contributed by atoms with E-state index in [1.165, 1.54) is 0 Å². The van der Waals surface area contributed by atoms with Crippen LogP contribution < -0.4 is 15.4 Å². The number of allylic oxidation sites excluding steroid dienone is 2. The number of carbonyl (C=O) groups excluding carboxylic acids is 2. The predicted octanol–water partition coefficient (Wildman–Crippen LogP) is 3.28. The second kappa shape index (κ2) is 10.7. The molecule has 0 unspecified atom stereocenters. The summed E-state index contributed by atoms with van der Waals surface area (Å²) in [4.78, 5) is 24.2. The van der Waals surface area contributed by atoms with Gasteiger partial charge in [0.2, 0.25) is 0 Å². The number of benzene rings is 2. The van der Waals surface area contributed by atoms with Gasteiger partial charge in [-0.25, -0.2) is 0 Å². The first-order valence-corrected chi connectivity index (χ1v) is 9.06. The van der Waals surface area contributed by atoms with E-state index < -0.39 is 18.5 Å². The van der Waals surface area contributed by atoms with Crippen molar-refractivity contribution in [2.75, 3.05) is 19.0 Å². The predicted molar refractivity (Wildman–Crippen MR) is 112 cm³/mol. The molecule has 2 aromatic carbocycles. The van der Waals surface area contributed by atoms with Gasteiger partial charge in [-0.2, -0.15) is 0 Å². The maximum absolute atomic E-state index is 12.2. The van der Waals surface area contributed by atoms with E-state index in [9.17, 15) is 9.59 Å². The average molecular weight is 395 g/mol.